The number of carbonyl (C=O) groups excluding carboxylic acids is 2. The number of hydrogen-bond donors (Lipinski definition) is 1. The molecule has 0 aliphatic rings. The van der Waals surface area contributed by atoms with Gasteiger partial charge in [0.15, 0.2) is 6.10 Å². The van der Waals surface area contributed by atoms with Gasteiger partial charge in [0.25, 0.3) is 0 Å². The third-order valence-corrected chi connectivity index (χ3v) is 11.3. The summed E-state index contributed by atoms with van der Waals surface area (Å²) in [5, 5.41) is 0. The minimum atomic E-state index is -4.38. The fourth-order valence-corrected chi connectivity index (χ4v) is 7.23. The van der Waals surface area contributed by atoms with Crippen LogP contribution >= 0.6 is 7.82 Å². The molecule has 2 unspecified atom stereocenters. The van der Waals surface area contributed by atoms with Crippen LogP contribution < -0.4 is 0 Å². The van der Waals surface area contributed by atoms with E-state index in [1.54, 1.807) is 0 Å². The number of allylic oxidation sites excluding steroid dienone is 8. The molecule has 0 aliphatic heterocycles. The molecule has 2 atom stereocenters. The summed E-state index contributed by atoms with van der Waals surface area (Å²) < 4.78 is 34.4. The summed E-state index contributed by atoms with van der Waals surface area (Å²) in [7, 11) is 1.46. The molecule has 0 aliphatic carbocycles. The van der Waals surface area contributed by atoms with Gasteiger partial charge in [-0.1, -0.05) is 165 Å². The maximum Gasteiger partial charge on any atom is 0.472 e. The van der Waals surface area contributed by atoms with Gasteiger partial charge in [-0.3, -0.25) is 18.6 Å². The van der Waals surface area contributed by atoms with Gasteiger partial charge in [-0.05, 0) is 77.0 Å². The fourth-order valence-electron chi connectivity index (χ4n) is 6.49. The molecular weight excluding hydrogens is 774 g/mol. The number of hydrogen-bond acceptors (Lipinski definition) is 7. The lowest BCUT2D eigenvalue weighted by molar-refractivity contribution is -0.870. The Balaban J connectivity index is 4.28. The van der Waals surface area contributed by atoms with Gasteiger partial charge in [-0.15, -0.1) is 0 Å². The summed E-state index contributed by atoms with van der Waals surface area (Å²) in [4.78, 5) is 35.4. The zero-order valence-electron chi connectivity index (χ0n) is 39.4. The standard InChI is InChI=1S/C50H92NO8P/c1-6-8-10-12-14-16-18-20-21-22-23-24-25-26-27-28-29-31-33-35-37-39-41-43-50(53)59-48(47-58-60(54,55)57-45-44-51(3,4)5)46-56-49(52)42-40-38-36-34-32-30-19-17-15-13-11-9-7-2/h17-20,22-23,25-26,48H,6-16,21,24,27-47H2,1-5H3/p+1/b19-17-,20-18-,23-22-,26-25-. The molecule has 0 radical (unpaired) electrons. The minimum absolute atomic E-state index is 0.0277. The SMILES string of the molecule is CCCCCC/C=C\CCCCCCCC(=O)OCC(COP(=O)(O)OCC[N+](C)(C)C)OC(=O)CCCCCCCCCC/C=C\C/C=C\C/C=C\CCCCCCC. The van der Waals surface area contributed by atoms with Crippen molar-refractivity contribution in [2.75, 3.05) is 47.5 Å². The summed E-state index contributed by atoms with van der Waals surface area (Å²) in [6.45, 7) is 4.38. The lowest BCUT2D eigenvalue weighted by atomic mass is 10.1. The lowest BCUT2D eigenvalue weighted by Crippen LogP contribution is -2.37. The second kappa shape index (κ2) is 42.3. The molecule has 0 heterocycles. The molecule has 0 aromatic heterocycles. The number of unbranched alkanes of at least 4 members (excludes halogenated alkanes) is 22. The highest BCUT2D eigenvalue weighted by Gasteiger charge is 2.27. The molecule has 10 heteroatoms. The Kier molecular flexibility index (Phi) is 40.8. The molecule has 0 aromatic rings. The first-order chi connectivity index (χ1) is 29.0. The van der Waals surface area contributed by atoms with Crippen molar-refractivity contribution >= 4 is 19.8 Å². The second-order valence-electron chi connectivity index (χ2n) is 17.5. The van der Waals surface area contributed by atoms with Crippen LogP contribution in [0.2, 0.25) is 0 Å². The second-order valence-corrected chi connectivity index (χ2v) is 18.9. The molecule has 0 rings (SSSR count). The van der Waals surface area contributed by atoms with Gasteiger partial charge in [0, 0.05) is 12.8 Å². The topological polar surface area (TPSA) is 108 Å². The Morgan fingerprint density at radius 3 is 1.37 bits per heavy atom. The zero-order chi connectivity index (χ0) is 44.3. The molecule has 0 bridgehead atoms. The van der Waals surface area contributed by atoms with Gasteiger partial charge in [0.1, 0.15) is 19.8 Å². The van der Waals surface area contributed by atoms with E-state index in [-0.39, 0.29) is 32.0 Å². The summed E-state index contributed by atoms with van der Waals surface area (Å²) in [5.41, 5.74) is 0. The Morgan fingerprint density at radius 2 is 0.900 bits per heavy atom. The maximum absolute atomic E-state index is 12.7. The Hall–Kier alpha value is -2.03. The van der Waals surface area contributed by atoms with E-state index in [1.165, 1.54) is 96.3 Å². The van der Waals surface area contributed by atoms with Gasteiger partial charge in [-0.25, -0.2) is 4.57 Å². The summed E-state index contributed by atoms with van der Waals surface area (Å²) >= 11 is 0. The molecule has 0 amide bonds. The quantitative estimate of drug-likeness (QED) is 0.0212. The normalized spacial score (nSPS) is 13.9. The lowest BCUT2D eigenvalue weighted by Gasteiger charge is -2.24. The van der Waals surface area contributed by atoms with Crippen molar-refractivity contribution < 1.29 is 42.1 Å². The number of phosphoric acid groups is 1. The van der Waals surface area contributed by atoms with E-state index >= 15 is 0 Å². The molecule has 1 N–H and O–H groups in total. The average molecular weight is 867 g/mol. The van der Waals surface area contributed by atoms with Crippen LogP contribution in [0.4, 0.5) is 0 Å². The number of esters is 2. The zero-order valence-corrected chi connectivity index (χ0v) is 40.3. The summed E-state index contributed by atoms with van der Waals surface area (Å²) in [5.74, 6) is -0.816. The molecule has 9 nitrogen and oxygen atoms in total. The van der Waals surface area contributed by atoms with Gasteiger partial charge in [0.2, 0.25) is 0 Å². The van der Waals surface area contributed by atoms with Gasteiger partial charge in [0.05, 0.1) is 27.7 Å². The van der Waals surface area contributed by atoms with Crippen LogP contribution in [0.5, 0.6) is 0 Å². The van der Waals surface area contributed by atoms with Crippen LogP contribution in [0.3, 0.4) is 0 Å². The molecule has 0 aromatic carbocycles. The molecular formula is C50H93NO8P+. The monoisotopic (exact) mass is 867 g/mol. The highest BCUT2D eigenvalue weighted by atomic mass is 31.2. The van der Waals surface area contributed by atoms with E-state index in [0.717, 1.165) is 77.0 Å². The molecule has 0 saturated carbocycles. The van der Waals surface area contributed by atoms with Crippen LogP contribution in [0.1, 0.15) is 206 Å². The highest BCUT2D eigenvalue weighted by molar-refractivity contribution is 7.47. The number of likely N-dealkylation sites (N-methyl/N-ethyl adjacent to an activating group) is 1. The first kappa shape index (κ1) is 58.0. The van der Waals surface area contributed by atoms with Crippen LogP contribution in [0.25, 0.3) is 0 Å². The Bertz CT molecular complexity index is 1160. The van der Waals surface area contributed by atoms with Crippen molar-refractivity contribution in [3.63, 3.8) is 0 Å². The third-order valence-electron chi connectivity index (χ3n) is 10.3. The molecule has 60 heavy (non-hydrogen) atoms. The van der Waals surface area contributed by atoms with Crippen LogP contribution in [0, 0.1) is 0 Å². The smallest absolute Gasteiger partial charge is 0.462 e. The van der Waals surface area contributed by atoms with Gasteiger partial charge in [-0.2, -0.15) is 0 Å². The molecule has 350 valence electrons. The number of carbonyl (C=O) groups is 2. The van der Waals surface area contributed by atoms with Gasteiger partial charge >= 0.3 is 19.8 Å². The maximum atomic E-state index is 12.7. The number of ether oxygens (including phenoxy) is 2. The molecule has 0 saturated heterocycles. The predicted molar refractivity (Wildman–Crippen MR) is 252 cm³/mol. The van der Waals surface area contributed by atoms with Crippen molar-refractivity contribution in [1.82, 2.24) is 0 Å². The van der Waals surface area contributed by atoms with E-state index in [4.69, 9.17) is 18.5 Å². The van der Waals surface area contributed by atoms with E-state index < -0.39 is 26.5 Å². The number of quaternary nitrogens is 1. The van der Waals surface area contributed by atoms with Crippen LogP contribution in [-0.2, 0) is 32.7 Å². The van der Waals surface area contributed by atoms with Crippen molar-refractivity contribution in [1.29, 1.82) is 0 Å². The number of rotatable bonds is 44. The van der Waals surface area contributed by atoms with Crippen molar-refractivity contribution in [2.45, 2.75) is 213 Å². The van der Waals surface area contributed by atoms with E-state index in [9.17, 15) is 19.0 Å². The average Bonchev–Trinajstić information content (AvgIpc) is 3.20. The third kappa shape index (κ3) is 45.5. The Labute approximate surface area is 369 Å². The molecule has 0 fully saturated rings. The van der Waals surface area contributed by atoms with Crippen LogP contribution in [0.15, 0.2) is 48.6 Å². The van der Waals surface area contributed by atoms with Crippen molar-refractivity contribution in [3.05, 3.63) is 48.6 Å². The van der Waals surface area contributed by atoms with Crippen LogP contribution in [-0.4, -0.2) is 74.9 Å². The highest BCUT2D eigenvalue weighted by Crippen LogP contribution is 2.43. The number of nitrogens with zero attached hydrogens (tertiary/aromatic N) is 1. The molecule has 0 spiro atoms. The van der Waals surface area contributed by atoms with E-state index in [1.807, 2.05) is 21.1 Å². The fraction of sp³-hybridized carbons (Fsp3) is 0.800. The van der Waals surface area contributed by atoms with E-state index in [0.29, 0.717) is 17.4 Å². The predicted octanol–water partition coefficient (Wildman–Crippen LogP) is 14.2. The summed E-state index contributed by atoms with van der Waals surface area (Å²) in [6, 6.07) is 0. The summed E-state index contributed by atoms with van der Waals surface area (Å²) in [6.07, 6.45) is 50.1. The van der Waals surface area contributed by atoms with Crippen molar-refractivity contribution in [3.8, 4) is 0 Å². The van der Waals surface area contributed by atoms with Gasteiger partial charge < -0.3 is 18.9 Å². The first-order valence-corrected chi connectivity index (χ1v) is 25.9. The number of phosphoric ester groups is 1. The van der Waals surface area contributed by atoms with E-state index in [2.05, 4.69) is 62.5 Å². The minimum Gasteiger partial charge on any atom is -0.462 e. The first-order valence-electron chi connectivity index (χ1n) is 24.4. The Morgan fingerprint density at radius 1 is 0.517 bits per heavy atom. The largest absolute Gasteiger partial charge is 0.472 e. The van der Waals surface area contributed by atoms with Crippen molar-refractivity contribution in [2.24, 2.45) is 0 Å².